The Morgan fingerprint density at radius 1 is 1.50 bits per heavy atom. The Kier molecular flexibility index (Phi) is 5.66. The van der Waals surface area contributed by atoms with Gasteiger partial charge in [-0.1, -0.05) is 5.16 Å². The van der Waals surface area contributed by atoms with Gasteiger partial charge < -0.3 is 25.7 Å². The molecule has 0 saturated carbocycles. The summed E-state index contributed by atoms with van der Waals surface area (Å²) in [6.45, 7) is 0.574. The normalized spacial score (nSPS) is 26.3. The molecule has 0 aromatic carbocycles. The molecule has 4 heterocycles. The number of fused-ring (bicyclic) bond motifs is 1. The molecule has 3 atom stereocenters. The van der Waals surface area contributed by atoms with Crippen molar-refractivity contribution in [3.05, 3.63) is 22.3 Å². The number of nitrogens with two attached hydrogens (primary N) is 1. The number of ether oxygens (including phenoxy) is 1. The highest BCUT2D eigenvalue weighted by molar-refractivity contribution is 8.00. The van der Waals surface area contributed by atoms with E-state index in [1.54, 1.807) is 5.38 Å². The maximum Gasteiger partial charge on any atom is 0.352 e. The largest absolute Gasteiger partial charge is 0.477 e. The molecule has 4 N–H and O–H groups in total. The molecule has 2 amide bonds. The number of amides is 2. The Labute approximate surface area is 179 Å². The minimum Gasteiger partial charge on any atom is -0.477 e. The number of hydrogen-bond donors (Lipinski definition) is 3. The fourth-order valence-electron chi connectivity index (χ4n) is 3.64. The summed E-state index contributed by atoms with van der Waals surface area (Å²) in [4.78, 5) is 47.4. The quantitative estimate of drug-likeness (QED) is 0.306. The Bertz CT molecular complexity index is 954. The summed E-state index contributed by atoms with van der Waals surface area (Å²) in [6.07, 6.45) is 1.29. The van der Waals surface area contributed by atoms with Crippen molar-refractivity contribution in [3.8, 4) is 0 Å². The molecule has 3 aliphatic rings. The van der Waals surface area contributed by atoms with E-state index in [4.69, 9.17) is 15.3 Å². The van der Waals surface area contributed by atoms with Crippen molar-refractivity contribution in [1.29, 1.82) is 0 Å². The molecule has 13 heteroatoms. The number of aliphatic carboxylic acids is 1. The lowest BCUT2D eigenvalue weighted by Crippen LogP contribution is -2.71. The highest BCUT2D eigenvalue weighted by atomic mass is 32.2. The molecule has 3 aliphatic heterocycles. The first-order chi connectivity index (χ1) is 14.4. The number of β-lactam (4-membered cyclic amide) rings is 1. The van der Waals surface area contributed by atoms with Crippen LogP contribution in [0.5, 0.6) is 0 Å². The van der Waals surface area contributed by atoms with Crippen LogP contribution in [0.4, 0.5) is 5.13 Å². The number of aromatic nitrogens is 1. The molecule has 30 heavy (non-hydrogen) atoms. The van der Waals surface area contributed by atoms with Crippen LogP contribution in [0.15, 0.2) is 21.8 Å². The topological polar surface area (TPSA) is 156 Å². The molecule has 2 saturated heterocycles. The first kappa shape index (κ1) is 20.6. The highest BCUT2D eigenvalue weighted by Crippen LogP contribution is 2.42. The molecule has 11 nitrogen and oxygen atoms in total. The number of thioether (sulfide) groups is 1. The van der Waals surface area contributed by atoms with Gasteiger partial charge in [-0.15, -0.1) is 23.1 Å². The molecular formula is C17H19N5O6S2. The lowest BCUT2D eigenvalue weighted by atomic mass is 9.99. The zero-order chi connectivity index (χ0) is 21.4. The average Bonchev–Trinajstić information content (AvgIpc) is 3.40. The number of nitrogen functional groups attached to an aromatic ring is 1. The fourth-order valence-corrected chi connectivity index (χ4v) is 5.60. The molecule has 160 valence electrons. The zero-order valence-electron chi connectivity index (χ0n) is 15.9. The van der Waals surface area contributed by atoms with E-state index in [2.05, 4.69) is 15.5 Å². The van der Waals surface area contributed by atoms with Crippen molar-refractivity contribution < 1.29 is 29.1 Å². The van der Waals surface area contributed by atoms with Gasteiger partial charge in [0.15, 0.2) is 10.8 Å². The number of nitrogens with one attached hydrogen (secondary N) is 1. The minimum absolute atomic E-state index is 0.0424. The number of carbonyl (C=O) groups excluding carboxylic acids is 2. The van der Waals surface area contributed by atoms with E-state index < -0.39 is 29.2 Å². The number of oxime groups is 1. The van der Waals surface area contributed by atoms with Crippen molar-refractivity contribution in [2.45, 2.75) is 30.4 Å². The third kappa shape index (κ3) is 3.52. The summed E-state index contributed by atoms with van der Waals surface area (Å²) in [5.41, 5.74) is 6.29. The molecule has 1 unspecified atom stereocenters. The van der Waals surface area contributed by atoms with Crippen LogP contribution in [0, 0.1) is 0 Å². The predicted octanol–water partition coefficient (Wildman–Crippen LogP) is -0.00660. The van der Waals surface area contributed by atoms with Gasteiger partial charge in [0, 0.05) is 17.7 Å². The number of thiazole rings is 1. The van der Waals surface area contributed by atoms with E-state index >= 15 is 0 Å². The fraction of sp³-hybridized carbons (Fsp3) is 0.471. The third-order valence-electron chi connectivity index (χ3n) is 4.97. The van der Waals surface area contributed by atoms with E-state index in [-0.39, 0.29) is 28.3 Å². The van der Waals surface area contributed by atoms with Crippen molar-refractivity contribution in [2.75, 3.05) is 25.2 Å². The average molecular weight is 454 g/mol. The third-order valence-corrected chi connectivity index (χ3v) is 6.94. The van der Waals surface area contributed by atoms with Gasteiger partial charge in [0.1, 0.15) is 29.9 Å². The number of nitrogens with zero attached hydrogens (tertiary/aromatic N) is 3. The van der Waals surface area contributed by atoms with Gasteiger partial charge in [0.2, 0.25) is 0 Å². The Hall–Kier alpha value is -2.64. The van der Waals surface area contributed by atoms with Crippen molar-refractivity contribution >= 4 is 51.7 Å². The summed E-state index contributed by atoms with van der Waals surface area (Å²) in [5, 5.41) is 17.3. The summed E-state index contributed by atoms with van der Waals surface area (Å²) >= 11 is 2.53. The monoisotopic (exact) mass is 453 g/mol. The van der Waals surface area contributed by atoms with Crippen LogP contribution < -0.4 is 11.1 Å². The number of anilines is 1. The molecule has 0 spiro atoms. The van der Waals surface area contributed by atoms with E-state index in [1.807, 2.05) is 0 Å². The maximum absolute atomic E-state index is 12.8. The summed E-state index contributed by atoms with van der Waals surface area (Å²) in [5.74, 6) is -1.92. The standard InChI is InChI=1S/C17H19N5O6S2/c1-27-21-10(8-6-30-17(18)19-8)13(23)20-11-14(24)22-12(16(25)26)7(5-29-15(11)22)9-3-2-4-28-9/h6,9,11,15H,2-5H2,1H3,(H2,18,19)(H,20,23)(H,25,26)/t9?,11-,15-/m1/s1. The van der Waals surface area contributed by atoms with E-state index in [0.717, 1.165) is 24.2 Å². The van der Waals surface area contributed by atoms with E-state index in [0.29, 0.717) is 17.9 Å². The summed E-state index contributed by atoms with van der Waals surface area (Å²) in [6, 6.07) is -0.888. The number of carbonyl (C=O) groups is 3. The number of rotatable bonds is 6. The van der Waals surface area contributed by atoms with Crippen LogP contribution in [-0.2, 0) is 24.0 Å². The van der Waals surface area contributed by atoms with E-state index in [9.17, 15) is 19.5 Å². The van der Waals surface area contributed by atoms with Gasteiger partial charge in [0.05, 0.1) is 6.10 Å². The van der Waals surface area contributed by atoms with Crippen molar-refractivity contribution in [1.82, 2.24) is 15.2 Å². The Morgan fingerprint density at radius 2 is 2.30 bits per heavy atom. The lowest BCUT2D eigenvalue weighted by Gasteiger charge is -2.49. The highest BCUT2D eigenvalue weighted by Gasteiger charge is 2.55. The maximum atomic E-state index is 12.8. The first-order valence-corrected chi connectivity index (χ1v) is 11.0. The second-order valence-corrected chi connectivity index (χ2v) is 8.73. The molecular weight excluding hydrogens is 434 g/mol. The van der Waals surface area contributed by atoms with Gasteiger partial charge in [-0.2, -0.15) is 0 Å². The van der Waals surface area contributed by atoms with Crippen LogP contribution in [0.25, 0.3) is 0 Å². The Morgan fingerprint density at radius 3 is 2.90 bits per heavy atom. The molecule has 0 bridgehead atoms. The smallest absolute Gasteiger partial charge is 0.352 e. The van der Waals surface area contributed by atoms with Crippen LogP contribution in [-0.4, -0.2) is 75.5 Å². The van der Waals surface area contributed by atoms with E-state index in [1.165, 1.54) is 23.8 Å². The summed E-state index contributed by atoms with van der Waals surface area (Å²) in [7, 11) is 1.28. The SMILES string of the molecule is CON=C(C(=O)N[C@@H]1C(=O)N2C(C(=O)O)=C(C3CCCO3)CS[C@H]12)c1csc(N)n1. The number of carboxylic acids is 1. The zero-order valence-corrected chi connectivity index (χ0v) is 17.5. The van der Waals surface area contributed by atoms with Crippen molar-refractivity contribution in [2.24, 2.45) is 5.16 Å². The van der Waals surface area contributed by atoms with Crippen LogP contribution in [0.2, 0.25) is 0 Å². The number of carboxylic acid groups (broad SMARTS) is 1. The molecule has 1 aromatic rings. The van der Waals surface area contributed by atoms with Crippen LogP contribution in [0.1, 0.15) is 18.5 Å². The predicted molar refractivity (Wildman–Crippen MR) is 109 cm³/mol. The molecule has 1 aromatic heterocycles. The van der Waals surface area contributed by atoms with Gasteiger partial charge in [-0.3, -0.25) is 14.5 Å². The first-order valence-electron chi connectivity index (χ1n) is 9.08. The van der Waals surface area contributed by atoms with Gasteiger partial charge in [-0.05, 0) is 18.4 Å². The second kappa shape index (κ2) is 8.24. The molecule has 2 fully saturated rings. The van der Waals surface area contributed by atoms with Crippen molar-refractivity contribution in [3.63, 3.8) is 0 Å². The summed E-state index contributed by atoms with van der Waals surface area (Å²) < 4.78 is 5.63. The van der Waals surface area contributed by atoms with Gasteiger partial charge >= 0.3 is 5.97 Å². The molecule has 0 aliphatic carbocycles. The second-order valence-electron chi connectivity index (χ2n) is 6.74. The molecule has 4 rings (SSSR count). The van der Waals surface area contributed by atoms with Crippen LogP contribution in [0.3, 0.4) is 0 Å². The minimum atomic E-state index is -1.18. The van der Waals surface area contributed by atoms with Gasteiger partial charge in [-0.25, -0.2) is 9.78 Å². The molecule has 0 radical (unpaired) electrons. The Balaban J connectivity index is 1.53. The van der Waals surface area contributed by atoms with Crippen LogP contribution >= 0.6 is 23.1 Å². The lowest BCUT2D eigenvalue weighted by molar-refractivity contribution is -0.150. The number of hydrogen-bond acceptors (Lipinski definition) is 10. The van der Waals surface area contributed by atoms with Gasteiger partial charge in [0.25, 0.3) is 11.8 Å².